The Morgan fingerprint density at radius 2 is 1.92 bits per heavy atom. The molecule has 0 aliphatic heterocycles. The highest BCUT2D eigenvalue weighted by Gasteiger charge is 2.18. The molecule has 0 bridgehead atoms. The molecule has 4 aromatic rings. The van der Waals surface area contributed by atoms with Gasteiger partial charge in [-0.2, -0.15) is 4.98 Å². The fourth-order valence-corrected chi connectivity index (χ4v) is 4.27. The normalized spacial score (nSPS) is 11.9. The molecular weight excluding hydrogens is 515 g/mol. The van der Waals surface area contributed by atoms with Gasteiger partial charge in [0, 0.05) is 24.7 Å². The molecule has 0 radical (unpaired) electrons. The molecule has 8 nitrogen and oxygen atoms in total. The van der Waals surface area contributed by atoms with Crippen LogP contribution in [0.4, 0.5) is 0 Å². The average Bonchev–Trinajstić information content (AvgIpc) is 3.40. The third-order valence-corrected chi connectivity index (χ3v) is 5.86. The van der Waals surface area contributed by atoms with Gasteiger partial charge in [-0.05, 0) is 75.7 Å². The Bertz CT molecular complexity index is 1410. The first-order chi connectivity index (χ1) is 17.5. The van der Waals surface area contributed by atoms with Crippen molar-refractivity contribution in [2.75, 3.05) is 6.54 Å². The number of aromatic nitrogens is 3. The van der Waals surface area contributed by atoms with Crippen LogP contribution in [0.25, 0.3) is 28.3 Å². The van der Waals surface area contributed by atoms with E-state index in [-0.39, 0.29) is 12.1 Å². The van der Waals surface area contributed by atoms with E-state index in [4.69, 9.17) is 37.2 Å². The molecule has 37 heavy (non-hydrogen) atoms. The fraction of sp³-hybridized carbons (Fsp3) is 0.370. The zero-order chi connectivity index (χ0) is 26.7. The van der Waals surface area contributed by atoms with E-state index in [1.807, 2.05) is 58.9 Å². The number of halogens is 2. The van der Waals surface area contributed by atoms with Crippen molar-refractivity contribution < 1.29 is 18.8 Å². The largest absolute Gasteiger partial charge is 0.491 e. The summed E-state index contributed by atoms with van der Waals surface area (Å²) in [5, 5.41) is 9.27. The van der Waals surface area contributed by atoms with Gasteiger partial charge in [-0.15, -0.1) is 0 Å². The molecule has 0 amide bonds. The molecule has 0 aliphatic carbocycles. The highest BCUT2D eigenvalue weighted by molar-refractivity contribution is 6.35. The Kier molecular flexibility index (Phi) is 8.11. The summed E-state index contributed by atoms with van der Waals surface area (Å²) < 4.78 is 18.3. The summed E-state index contributed by atoms with van der Waals surface area (Å²) in [7, 11) is 0. The van der Waals surface area contributed by atoms with Gasteiger partial charge in [0.1, 0.15) is 11.4 Å². The monoisotopic (exact) mass is 544 g/mol. The molecule has 2 aromatic heterocycles. The Morgan fingerprint density at radius 3 is 2.62 bits per heavy atom. The number of nitrogens with one attached hydrogen (secondary N) is 1. The number of fused-ring (bicyclic) bond motifs is 1. The van der Waals surface area contributed by atoms with Gasteiger partial charge in [0.15, 0.2) is 0 Å². The van der Waals surface area contributed by atoms with E-state index in [9.17, 15) is 4.79 Å². The second-order valence-electron chi connectivity index (χ2n) is 9.92. The van der Waals surface area contributed by atoms with E-state index in [0.717, 1.165) is 16.5 Å². The number of nitrogens with zero attached hydrogens (tertiary/aromatic N) is 3. The van der Waals surface area contributed by atoms with Crippen LogP contribution in [0, 0.1) is 0 Å². The number of hydrogen-bond acceptors (Lipinski definition) is 7. The maximum atomic E-state index is 11.9. The molecule has 0 fully saturated rings. The molecule has 1 N–H and O–H groups in total. The second kappa shape index (κ2) is 11.1. The van der Waals surface area contributed by atoms with Crippen molar-refractivity contribution in [1.82, 2.24) is 20.0 Å². The van der Waals surface area contributed by atoms with Gasteiger partial charge in [0.05, 0.1) is 33.7 Å². The summed E-state index contributed by atoms with van der Waals surface area (Å²) in [5.41, 5.74) is 1.99. The lowest BCUT2D eigenvalue weighted by atomic mass is 10.1. The van der Waals surface area contributed by atoms with Crippen LogP contribution in [-0.4, -0.2) is 38.9 Å². The van der Waals surface area contributed by atoms with Crippen molar-refractivity contribution in [2.45, 2.75) is 59.3 Å². The average molecular weight is 545 g/mol. The van der Waals surface area contributed by atoms with Crippen molar-refractivity contribution in [2.24, 2.45) is 0 Å². The molecule has 0 atom stereocenters. The van der Waals surface area contributed by atoms with Crippen molar-refractivity contribution in [3.8, 4) is 23.2 Å². The SMILES string of the molecule is CC(C)Oc1ccc(-c2nc(-n3cc(Cl)c4cc(CNCCC(=O)OC(C)(C)C)ccc43)no2)c(Cl)c1. The minimum Gasteiger partial charge on any atom is -0.491 e. The molecule has 0 saturated carbocycles. The van der Waals surface area contributed by atoms with E-state index in [1.165, 1.54) is 0 Å². The lowest BCUT2D eigenvalue weighted by molar-refractivity contribution is -0.154. The zero-order valence-electron chi connectivity index (χ0n) is 21.5. The molecule has 196 valence electrons. The van der Waals surface area contributed by atoms with Crippen LogP contribution in [0.3, 0.4) is 0 Å². The van der Waals surface area contributed by atoms with E-state index < -0.39 is 5.60 Å². The molecular formula is C27H30Cl2N4O4. The summed E-state index contributed by atoms with van der Waals surface area (Å²) >= 11 is 13.0. The second-order valence-corrected chi connectivity index (χ2v) is 10.7. The van der Waals surface area contributed by atoms with E-state index >= 15 is 0 Å². The molecule has 0 spiro atoms. The number of benzene rings is 2. The lowest BCUT2D eigenvalue weighted by Crippen LogP contribution is -2.26. The van der Waals surface area contributed by atoms with Gasteiger partial charge < -0.3 is 19.3 Å². The van der Waals surface area contributed by atoms with Crippen molar-refractivity contribution >= 4 is 40.1 Å². The minimum atomic E-state index is -0.481. The maximum absolute atomic E-state index is 11.9. The fourth-order valence-electron chi connectivity index (χ4n) is 3.77. The van der Waals surface area contributed by atoms with Crippen LogP contribution in [0.15, 0.2) is 47.1 Å². The number of rotatable bonds is 9. The van der Waals surface area contributed by atoms with E-state index in [1.54, 1.807) is 22.9 Å². The predicted octanol–water partition coefficient (Wildman–Crippen LogP) is 6.60. The van der Waals surface area contributed by atoms with Crippen LogP contribution in [0.1, 0.15) is 46.6 Å². The van der Waals surface area contributed by atoms with E-state index in [2.05, 4.69) is 15.5 Å². The maximum Gasteiger partial charge on any atom is 0.307 e. The molecule has 10 heteroatoms. The molecule has 0 aliphatic rings. The van der Waals surface area contributed by atoms with Gasteiger partial charge >= 0.3 is 5.97 Å². The summed E-state index contributed by atoms with van der Waals surface area (Å²) in [5.74, 6) is 1.08. The highest BCUT2D eigenvalue weighted by Crippen LogP contribution is 2.33. The lowest BCUT2D eigenvalue weighted by Gasteiger charge is -2.19. The number of hydrogen-bond donors (Lipinski definition) is 1. The van der Waals surface area contributed by atoms with Crippen molar-refractivity contribution in [3.05, 3.63) is 58.2 Å². The number of carbonyl (C=O) groups excluding carboxylic acids is 1. The predicted molar refractivity (Wildman–Crippen MR) is 145 cm³/mol. The number of ether oxygens (including phenoxy) is 2. The summed E-state index contributed by atoms with van der Waals surface area (Å²) in [6, 6.07) is 11.3. The quantitative estimate of drug-likeness (QED) is 0.187. The van der Waals surface area contributed by atoms with Gasteiger partial charge in [-0.3, -0.25) is 9.36 Å². The first kappa shape index (κ1) is 27.0. The van der Waals surface area contributed by atoms with Gasteiger partial charge in [-0.25, -0.2) is 0 Å². The smallest absolute Gasteiger partial charge is 0.307 e. The Morgan fingerprint density at radius 1 is 1.14 bits per heavy atom. The van der Waals surface area contributed by atoms with Crippen molar-refractivity contribution in [1.29, 1.82) is 0 Å². The van der Waals surface area contributed by atoms with Gasteiger partial charge in [0.2, 0.25) is 0 Å². The Hall–Kier alpha value is -3.07. The topological polar surface area (TPSA) is 91.4 Å². The Labute approximate surface area is 225 Å². The van der Waals surface area contributed by atoms with Gasteiger partial charge in [-0.1, -0.05) is 29.3 Å². The first-order valence-corrected chi connectivity index (χ1v) is 12.8. The van der Waals surface area contributed by atoms with E-state index in [0.29, 0.717) is 52.7 Å². The van der Waals surface area contributed by atoms with Crippen LogP contribution in [-0.2, 0) is 16.1 Å². The summed E-state index contributed by atoms with van der Waals surface area (Å²) in [6.45, 7) is 10.6. The zero-order valence-corrected chi connectivity index (χ0v) is 23.0. The molecule has 0 unspecified atom stereocenters. The first-order valence-electron chi connectivity index (χ1n) is 12.0. The highest BCUT2D eigenvalue weighted by atomic mass is 35.5. The van der Waals surface area contributed by atoms with Crippen LogP contribution in [0.2, 0.25) is 10.0 Å². The molecule has 0 saturated heterocycles. The number of esters is 1. The molecule has 4 rings (SSSR count). The third-order valence-electron chi connectivity index (χ3n) is 5.25. The Balaban J connectivity index is 1.46. The van der Waals surface area contributed by atoms with Crippen LogP contribution < -0.4 is 10.1 Å². The van der Waals surface area contributed by atoms with Crippen LogP contribution >= 0.6 is 23.2 Å². The molecule has 2 aromatic carbocycles. The standard InChI is InChI=1S/C27H30Cl2N4O4/c1-16(2)35-18-7-8-19(21(28)13-18)25-31-26(32-37-25)33-15-22(29)20-12-17(6-9-23(20)33)14-30-11-10-24(34)36-27(3,4)5/h6-9,12-13,15-16,30H,10-11,14H2,1-5H3. The number of carbonyl (C=O) groups is 1. The third kappa shape index (κ3) is 6.83. The summed E-state index contributed by atoms with van der Waals surface area (Å²) in [4.78, 5) is 16.4. The molecule has 2 heterocycles. The van der Waals surface area contributed by atoms with Crippen LogP contribution in [0.5, 0.6) is 5.75 Å². The summed E-state index contributed by atoms with van der Waals surface area (Å²) in [6.07, 6.45) is 2.09. The van der Waals surface area contributed by atoms with Crippen molar-refractivity contribution in [3.63, 3.8) is 0 Å². The minimum absolute atomic E-state index is 0.0391. The van der Waals surface area contributed by atoms with Gasteiger partial charge in [0.25, 0.3) is 11.8 Å².